The number of likely N-dealkylation sites (tertiary alicyclic amines) is 1. The van der Waals surface area contributed by atoms with Gasteiger partial charge in [-0.05, 0) is 31.0 Å². The second-order valence-electron chi connectivity index (χ2n) is 6.95. The van der Waals surface area contributed by atoms with E-state index in [2.05, 4.69) is 10.2 Å². The maximum absolute atomic E-state index is 12.9. The van der Waals surface area contributed by atoms with Crippen molar-refractivity contribution in [1.29, 1.82) is 0 Å². The second-order valence-corrected chi connectivity index (χ2v) is 6.95. The number of ether oxygens (including phenoxy) is 2. The molecule has 1 amide bonds. The van der Waals surface area contributed by atoms with Crippen LogP contribution in [0, 0.1) is 0 Å². The summed E-state index contributed by atoms with van der Waals surface area (Å²) in [6, 6.07) is 5.22. The normalized spacial score (nSPS) is 22.3. The third-order valence-electron chi connectivity index (χ3n) is 4.92. The fourth-order valence-corrected chi connectivity index (χ4v) is 3.55. The number of β-amino-alcohol motifs (C(OH)–C–C–N with tert-alkyl or cyclic N) is 1. The van der Waals surface area contributed by atoms with Crippen LogP contribution in [-0.2, 0) is 13.5 Å². The molecule has 8 nitrogen and oxygen atoms in total. The number of piperidine rings is 1. The molecule has 3 heterocycles. The van der Waals surface area contributed by atoms with Crippen LogP contribution in [-0.4, -0.2) is 62.6 Å². The number of rotatable bonds is 3. The van der Waals surface area contributed by atoms with Gasteiger partial charge in [-0.15, -0.1) is 10.2 Å². The van der Waals surface area contributed by atoms with E-state index in [9.17, 15) is 9.90 Å². The van der Waals surface area contributed by atoms with Crippen molar-refractivity contribution < 1.29 is 19.4 Å². The number of nitrogens with zero attached hydrogens (tertiary/aromatic N) is 4. The number of aryl methyl sites for hydroxylation is 1. The summed E-state index contributed by atoms with van der Waals surface area (Å²) in [5.41, 5.74) is -0.458. The zero-order valence-electron chi connectivity index (χ0n) is 14.7. The van der Waals surface area contributed by atoms with Crippen LogP contribution in [0.1, 0.15) is 29.0 Å². The van der Waals surface area contributed by atoms with Crippen molar-refractivity contribution in [3.05, 3.63) is 35.9 Å². The van der Waals surface area contributed by atoms with E-state index in [1.54, 1.807) is 34.0 Å². The molecule has 4 rings (SSSR count). The summed E-state index contributed by atoms with van der Waals surface area (Å²) in [7, 11) is 1.85. The van der Waals surface area contributed by atoms with Crippen LogP contribution in [0.15, 0.2) is 24.5 Å². The minimum atomic E-state index is -0.997. The van der Waals surface area contributed by atoms with E-state index in [4.69, 9.17) is 9.47 Å². The van der Waals surface area contributed by atoms with Gasteiger partial charge < -0.3 is 24.0 Å². The van der Waals surface area contributed by atoms with Gasteiger partial charge in [0.25, 0.3) is 5.91 Å². The van der Waals surface area contributed by atoms with E-state index < -0.39 is 5.60 Å². The topological polar surface area (TPSA) is 89.7 Å². The first-order chi connectivity index (χ1) is 12.5. The molecule has 2 aromatic rings. The van der Waals surface area contributed by atoms with Gasteiger partial charge >= 0.3 is 0 Å². The molecule has 0 spiro atoms. The van der Waals surface area contributed by atoms with Crippen LogP contribution in [0.3, 0.4) is 0 Å². The number of hydrogen-bond acceptors (Lipinski definition) is 6. The van der Waals surface area contributed by atoms with E-state index >= 15 is 0 Å². The Balaban J connectivity index is 1.50. The largest absolute Gasteiger partial charge is 0.486 e. The molecule has 26 heavy (non-hydrogen) atoms. The number of aliphatic hydroxyl groups is 1. The molecule has 1 saturated heterocycles. The molecule has 1 aromatic heterocycles. The van der Waals surface area contributed by atoms with E-state index in [0.717, 1.165) is 6.42 Å². The molecule has 0 saturated carbocycles. The highest BCUT2D eigenvalue weighted by molar-refractivity contribution is 5.95. The molecule has 0 aliphatic carbocycles. The Morgan fingerprint density at radius 2 is 2.12 bits per heavy atom. The summed E-state index contributed by atoms with van der Waals surface area (Å²) < 4.78 is 12.9. The monoisotopic (exact) mass is 358 g/mol. The molecule has 1 atom stereocenters. The van der Waals surface area contributed by atoms with Crippen molar-refractivity contribution in [2.75, 3.05) is 26.3 Å². The lowest BCUT2D eigenvalue weighted by atomic mass is 9.89. The average Bonchev–Trinajstić information content (AvgIpc) is 3.04. The Morgan fingerprint density at radius 1 is 1.31 bits per heavy atom. The summed E-state index contributed by atoms with van der Waals surface area (Å²) in [4.78, 5) is 14.6. The van der Waals surface area contributed by atoms with Crippen LogP contribution in [0.25, 0.3) is 0 Å². The molecular weight excluding hydrogens is 336 g/mol. The molecule has 1 N–H and O–H groups in total. The average molecular weight is 358 g/mol. The first-order valence-electron chi connectivity index (χ1n) is 8.78. The molecule has 2 aliphatic rings. The smallest absolute Gasteiger partial charge is 0.254 e. The fourth-order valence-electron chi connectivity index (χ4n) is 3.55. The van der Waals surface area contributed by atoms with Gasteiger partial charge in [-0.3, -0.25) is 4.79 Å². The predicted octanol–water partition coefficient (Wildman–Crippen LogP) is 0.796. The van der Waals surface area contributed by atoms with E-state index in [0.29, 0.717) is 55.5 Å². The van der Waals surface area contributed by atoms with Gasteiger partial charge in [0.2, 0.25) is 0 Å². The highest BCUT2D eigenvalue weighted by Gasteiger charge is 2.37. The van der Waals surface area contributed by atoms with Gasteiger partial charge in [0, 0.05) is 25.6 Å². The first-order valence-corrected chi connectivity index (χ1v) is 8.78. The van der Waals surface area contributed by atoms with Gasteiger partial charge in [-0.1, -0.05) is 0 Å². The van der Waals surface area contributed by atoms with Crippen molar-refractivity contribution >= 4 is 5.91 Å². The molecular formula is C18H22N4O4. The maximum atomic E-state index is 12.9. The highest BCUT2D eigenvalue weighted by Crippen LogP contribution is 2.32. The van der Waals surface area contributed by atoms with Crippen molar-refractivity contribution in [3.63, 3.8) is 0 Å². The molecule has 0 radical (unpaired) electrons. The van der Waals surface area contributed by atoms with Crippen LogP contribution < -0.4 is 9.47 Å². The van der Waals surface area contributed by atoms with E-state index in [1.807, 2.05) is 7.05 Å². The quantitative estimate of drug-likeness (QED) is 0.873. The van der Waals surface area contributed by atoms with Crippen LogP contribution in [0.5, 0.6) is 11.5 Å². The molecule has 0 bridgehead atoms. The third-order valence-corrected chi connectivity index (χ3v) is 4.92. The van der Waals surface area contributed by atoms with Crippen LogP contribution in [0.4, 0.5) is 0 Å². The summed E-state index contributed by atoms with van der Waals surface area (Å²) in [5.74, 6) is 1.85. The van der Waals surface area contributed by atoms with Crippen molar-refractivity contribution in [2.45, 2.75) is 24.9 Å². The minimum absolute atomic E-state index is 0.113. The Kier molecular flexibility index (Phi) is 4.28. The highest BCUT2D eigenvalue weighted by atomic mass is 16.6. The second kappa shape index (κ2) is 6.60. The molecule has 8 heteroatoms. The molecule has 1 aromatic carbocycles. The molecule has 2 aliphatic heterocycles. The molecule has 138 valence electrons. The van der Waals surface area contributed by atoms with Gasteiger partial charge in [0.1, 0.15) is 25.4 Å². The lowest BCUT2D eigenvalue weighted by Crippen LogP contribution is -2.51. The SMILES string of the molecule is Cn1cnnc1CC1(O)CCCN(C(=O)c2ccc3c(c2)OCCO3)C1. The van der Waals surface area contributed by atoms with Crippen molar-refractivity contribution in [3.8, 4) is 11.5 Å². The summed E-state index contributed by atoms with van der Waals surface area (Å²) >= 11 is 0. The standard InChI is InChI=1S/C18H22N4O4/c1-21-12-19-20-16(21)10-18(24)5-2-6-22(11-18)17(23)13-3-4-14-15(9-13)26-8-7-25-14/h3-4,9,12,24H,2,5-8,10-11H2,1H3. The number of carbonyl (C=O) groups excluding carboxylic acids is 1. The third kappa shape index (κ3) is 3.24. The van der Waals surface area contributed by atoms with Crippen molar-refractivity contribution in [2.24, 2.45) is 7.05 Å². The predicted molar refractivity (Wildman–Crippen MR) is 92.2 cm³/mol. The van der Waals surface area contributed by atoms with Gasteiger partial charge in [0.15, 0.2) is 11.5 Å². The summed E-state index contributed by atoms with van der Waals surface area (Å²) in [6.45, 7) is 1.88. The fraction of sp³-hybridized carbons (Fsp3) is 0.500. The first kappa shape index (κ1) is 16.8. The minimum Gasteiger partial charge on any atom is -0.486 e. The zero-order valence-corrected chi connectivity index (χ0v) is 14.7. The molecule has 1 unspecified atom stereocenters. The van der Waals surface area contributed by atoms with E-state index in [1.165, 1.54) is 0 Å². The van der Waals surface area contributed by atoms with Gasteiger partial charge in [-0.2, -0.15) is 0 Å². The summed E-state index contributed by atoms with van der Waals surface area (Å²) in [5, 5.41) is 18.9. The van der Waals surface area contributed by atoms with Crippen LogP contribution in [0.2, 0.25) is 0 Å². The number of carbonyl (C=O) groups is 1. The lowest BCUT2D eigenvalue weighted by Gasteiger charge is -2.39. The van der Waals surface area contributed by atoms with Crippen molar-refractivity contribution in [1.82, 2.24) is 19.7 Å². The Morgan fingerprint density at radius 3 is 2.88 bits per heavy atom. The zero-order chi connectivity index (χ0) is 18.1. The summed E-state index contributed by atoms with van der Waals surface area (Å²) in [6.07, 6.45) is 3.35. The van der Waals surface area contributed by atoms with E-state index in [-0.39, 0.29) is 12.5 Å². The number of aromatic nitrogens is 3. The Hall–Kier alpha value is -2.61. The van der Waals surface area contributed by atoms with Gasteiger partial charge in [0.05, 0.1) is 12.1 Å². The number of benzene rings is 1. The Labute approximate surface area is 151 Å². The number of amides is 1. The number of hydrogen-bond donors (Lipinski definition) is 1. The van der Waals surface area contributed by atoms with Crippen LogP contribution >= 0.6 is 0 Å². The Bertz CT molecular complexity index is 821. The lowest BCUT2D eigenvalue weighted by molar-refractivity contribution is -0.0258. The van der Waals surface area contributed by atoms with Gasteiger partial charge in [-0.25, -0.2) is 0 Å². The number of fused-ring (bicyclic) bond motifs is 1. The maximum Gasteiger partial charge on any atom is 0.254 e. The molecule has 1 fully saturated rings.